The second kappa shape index (κ2) is 5.86. The highest BCUT2D eigenvalue weighted by Gasteiger charge is 2.23. The van der Waals surface area contributed by atoms with E-state index in [1.807, 2.05) is 18.2 Å². The second-order valence-corrected chi connectivity index (χ2v) is 5.89. The van der Waals surface area contributed by atoms with Crippen molar-refractivity contribution in [3.8, 4) is 0 Å². The minimum absolute atomic E-state index is 0.642. The van der Waals surface area contributed by atoms with Gasteiger partial charge in [-0.2, -0.15) is 0 Å². The van der Waals surface area contributed by atoms with Crippen LogP contribution in [0.2, 0.25) is 5.02 Å². The fourth-order valence-corrected chi connectivity index (χ4v) is 3.15. The minimum atomic E-state index is 0.642. The smallest absolute Gasteiger partial charge is 0.0471 e. The lowest BCUT2D eigenvalue weighted by Crippen LogP contribution is -2.20. The quantitative estimate of drug-likeness (QED) is 0.867. The first-order valence-corrected chi connectivity index (χ1v) is 7.41. The SMILES string of the molecule is Nc1ccc(CN2CCC(c3ccccc3)C2)c(Cl)c1. The summed E-state index contributed by atoms with van der Waals surface area (Å²) >= 11 is 6.25. The summed E-state index contributed by atoms with van der Waals surface area (Å²) in [5.41, 5.74) is 9.06. The number of anilines is 1. The molecule has 3 heteroatoms. The molecule has 1 saturated heterocycles. The molecule has 1 heterocycles. The van der Waals surface area contributed by atoms with Crippen LogP contribution in [0, 0.1) is 0 Å². The van der Waals surface area contributed by atoms with Gasteiger partial charge < -0.3 is 5.73 Å². The zero-order valence-corrected chi connectivity index (χ0v) is 12.2. The van der Waals surface area contributed by atoms with Gasteiger partial charge in [-0.3, -0.25) is 4.90 Å². The molecule has 0 spiro atoms. The molecule has 1 unspecified atom stereocenters. The van der Waals surface area contributed by atoms with E-state index in [0.29, 0.717) is 5.92 Å². The van der Waals surface area contributed by atoms with E-state index in [-0.39, 0.29) is 0 Å². The predicted molar refractivity (Wildman–Crippen MR) is 84.9 cm³/mol. The normalized spacial score (nSPS) is 19.4. The van der Waals surface area contributed by atoms with E-state index in [2.05, 4.69) is 35.2 Å². The molecule has 1 atom stereocenters. The van der Waals surface area contributed by atoms with Crippen molar-refractivity contribution in [3.63, 3.8) is 0 Å². The lowest BCUT2D eigenvalue weighted by molar-refractivity contribution is 0.327. The number of nitrogen functional groups attached to an aromatic ring is 1. The Labute approximate surface area is 125 Å². The molecule has 1 fully saturated rings. The Hall–Kier alpha value is -1.51. The summed E-state index contributed by atoms with van der Waals surface area (Å²) < 4.78 is 0. The van der Waals surface area contributed by atoms with Crippen LogP contribution in [0.15, 0.2) is 48.5 Å². The Morgan fingerprint density at radius 2 is 1.95 bits per heavy atom. The maximum absolute atomic E-state index is 6.25. The number of nitrogens with zero attached hydrogens (tertiary/aromatic N) is 1. The topological polar surface area (TPSA) is 29.3 Å². The molecule has 1 aliphatic heterocycles. The molecule has 2 nitrogen and oxygen atoms in total. The predicted octanol–water partition coefficient (Wildman–Crippen LogP) is 3.91. The summed E-state index contributed by atoms with van der Waals surface area (Å²) in [4.78, 5) is 2.47. The Morgan fingerprint density at radius 1 is 1.15 bits per heavy atom. The van der Waals surface area contributed by atoms with Gasteiger partial charge in [-0.25, -0.2) is 0 Å². The summed E-state index contributed by atoms with van der Waals surface area (Å²) in [6.07, 6.45) is 1.22. The third kappa shape index (κ3) is 2.97. The standard InChI is InChI=1S/C17H19ClN2/c18-17-10-16(19)7-6-15(17)12-20-9-8-14(11-20)13-4-2-1-3-5-13/h1-7,10,14H,8-9,11-12,19H2. The van der Waals surface area contributed by atoms with Crippen LogP contribution in [0.1, 0.15) is 23.5 Å². The van der Waals surface area contributed by atoms with Crippen molar-refractivity contribution >= 4 is 17.3 Å². The summed E-state index contributed by atoms with van der Waals surface area (Å²) in [7, 11) is 0. The van der Waals surface area contributed by atoms with Crippen molar-refractivity contribution in [2.24, 2.45) is 0 Å². The third-order valence-corrected chi connectivity index (χ3v) is 4.37. The van der Waals surface area contributed by atoms with Crippen LogP contribution in [-0.4, -0.2) is 18.0 Å². The monoisotopic (exact) mass is 286 g/mol. The maximum Gasteiger partial charge on any atom is 0.0471 e. The van der Waals surface area contributed by atoms with E-state index in [4.69, 9.17) is 17.3 Å². The van der Waals surface area contributed by atoms with E-state index in [0.717, 1.165) is 35.9 Å². The average Bonchev–Trinajstić information content (AvgIpc) is 2.92. The van der Waals surface area contributed by atoms with Crippen molar-refractivity contribution < 1.29 is 0 Å². The number of hydrogen-bond acceptors (Lipinski definition) is 2. The highest BCUT2D eigenvalue weighted by molar-refractivity contribution is 6.31. The summed E-state index contributed by atoms with van der Waals surface area (Å²) in [6.45, 7) is 3.13. The molecule has 2 N–H and O–H groups in total. The Kier molecular flexibility index (Phi) is 3.95. The van der Waals surface area contributed by atoms with E-state index >= 15 is 0 Å². The largest absolute Gasteiger partial charge is 0.399 e. The molecule has 0 aliphatic carbocycles. The molecule has 0 aromatic heterocycles. The summed E-state index contributed by atoms with van der Waals surface area (Å²) in [6, 6.07) is 16.6. The number of nitrogens with two attached hydrogens (primary N) is 1. The summed E-state index contributed by atoms with van der Waals surface area (Å²) in [5.74, 6) is 0.642. The first-order chi connectivity index (χ1) is 9.72. The molecule has 0 saturated carbocycles. The van der Waals surface area contributed by atoms with Crippen LogP contribution in [-0.2, 0) is 6.54 Å². The van der Waals surface area contributed by atoms with Crippen LogP contribution in [0.5, 0.6) is 0 Å². The van der Waals surface area contributed by atoms with Crippen LogP contribution >= 0.6 is 11.6 Å². The fraction of sp³-hybridized carbons (Fsp3) is 0.294. The lowest BCUT2D eigenvalue weighted by atomic mass is 9.99. The van der Waals surface area contributed by atoms with Crippen molar-refractivity contribution in [3.05, 3.63) is 64.7 Å². The fourth-order valence-electron chi connectivity index (χ4n) is 2.91. The van der Waals surface area contributed by atoms with Crippen LogP contribution in [0.25, 0.3) is 0 Å². The molecule has 2 aromatic carbocycles. The van der Waals surface area contributed by atoms with Gasteiger partial charge in [0.25, 0.3) is 0 Å². The molecule has 1 aliphatic rings. The van der Waals surface area contributed by atoms with Crippen molar-refractivity contribution in [1.82, 2.24) is 4.90 Å². The van der Waals surface area contributed by atoms with E-state index in [9.17, 15) is 0 Å². The molecule has 0 bridgehead atoms. The van der Waals surface area contributed by atoms with Gasteiger partial charge in [0.05, 0.1) is 0 Å². The summed E-state index contributed by atoms with van der Waals surface area (Å²) in [5, 5.41) is 0.771. The maximum atomic E-state index is 6.25. The van der Waals surface area contributed by atoms with Gasteiger partial charge >= 0.3 is 0 Å². The zero-order chi connectivity index (χ0) is 13.9. The second-order valence-electron chi connectivity index (χ2n) is 5.48. The first-order valence-electron chi connectivity index (χ1n) is 7.03. The molecule has 2 aromatic rings. The van der Waals surface area contributed by atoms with Crippen molar-refractivity contribution in [2.75, 3.05) is 18.8 Å². The zero-order valence-electron chi connectivity index (χ0n) is 11.4. The Morgan fingerprint density at radius 3 is 2.70 bits per heavy atom. The molecule has 20 heavy (non-hydrogen) atoms. The average molecular weight is 287 g/mol. The van der Waals surface area contributed by atoms with Gasteiger partial charge in [-0.05, 0) is 42.1 Å². The minimum Gasteiger partial charge on any atom is -0.399 e. The van der Waals surface area contributed by atoms with Gasteiger partial charge in [-0.15, -0.1) is 0 Å². The van der Waals surface area contributed by atoms with Crippen molar-refractivity contribution in [1.29, 1.82) is 0 Å². The number of benzene rings is 2. The van der Waals surface area contributed by atoms with Crippen LogP contribution in [0.4, 0.5) is 5.69 Å². The Balaban J connectivity index is 1.66. The van der Waals surface area contributed by atoms with Gasteiger partial charge in [0.2, 0.25) is 0 Å². The lowest BCUT2D eigenvalue weighted by Gasteiger charge is -2.17. The van der Waals surface area contributed by atoms with Gasteiger partial charge in [-0.1, -0.05) is 48.0 Å². The molecular formula is C17H19ClN2. The van der Waals surface area contributed by atoms with E-state index < -0.39 is 0 Å². The Bertz CT molecular complexity index is 583. The van der Waals surface area contributed by atoms with Gasteiger partial charge in [0, 0.05) is 23.8 Å². The molecule has 0 radical (unpaired) electrons. The van der Waals surface area contributed by atoms with Crippen LogP contribution in [0.3, 0.4) is 0 Å². The first kappa shape index (κ1) is 13.5. The number of hydrogen-bond donors (Lipinski definition) is 1. The molecule has 0 amide bonds. The molecular weight excluding hydrogens is 268 g/mol. The third-order valence-electron chi connectivity index (χ3n) is 4.01. The van der Waals surface area contributed by atoms with E-state index in [1.54, 1.807) is 0 Å². The highest BCUT2D eigenvalue weighted by atomic mass is 35.5. The number of rotatable bonds is 3. The number of likely N-dealkylation sites (tertiary alicyclic amines) is 1. The van der Waals surface area contributed by atoms with Gasteiger partial charge in [0.15, 0.2) is 0 Å². The van der Waals surface area contributed by atoms with E-state index in [1.165, 1.54) is 12.0 Å². The number of halogens is 1. The van der Waals surface area contributed by atoms with Crippen molar-refractivity contribution in [2.45, 2.75) is 18.9 Å². The molecule has 104 valence electrons. The van der Waals surface area contributed by atoms with Crippen LogP contribution < -0.4 is 5.73 Å². The van der Waals surface area contributed by atoms with Gasteiger partial charge in [0.1, 0.15) is 0 Å². The molecule has 3 rings (SSSR count). The highest BCUT2D eigenvalue weighted by Crippen LogP contribution is 2.29.